The van der Waals surface area contributed by atoms with E-state index >= 15 is 0 Å². The van der Waals surface area contributed by atoms with Crippen LogP contribution in [-0.4, -0.2) is 82.2 Å². The minimum absolute atomic E-state index is 0.0536. The lowest BCUT2D eigenvalue weighted by molar-refractivity contribution is -0.159. The fraction of sp³-hybridized carbons (Fsp3) is 0.833. The number of amides is 1. The average Bonchev–Trinajstić information content (AvgIpc) is 3.46. The highest BCUT2D eigenvalue weighted by molar-refractivity contribution is 6.27. The van der Waals surface area contributed by atoms with Crippen LogP contribution in [0.1, 0.15) is 51.9 Å². The Bertz CT molecular complexity index is 483. The normalized spacial score (nSPS) is 23.4. The van der Waals surface area contributed by atoms with E-state index in [9.17, 15) is 4.79 Å². The van der Waals surface area contributed by atoms with Crippen LogP contribution >= 0.6 is 0 Å². The summed E-state index contributed by atoms with van der Waals surface area (Å²) in [6.45, 7) is 6.82. The fourth-order valence-electron chi connectivity index (χ4n) is 3.64. The Hall–Kier alpha value is -1.67. The predicted octanol–water partition coefficient (Wildman–Crippen LogP) is 0.759. The highest BCUT2D eigenvalue weighted by atomic mass is 16.4. The molecule has 1 saturated carbocycles. The number of nitrogens with one attached hydrogen (secondary N) is 1. The molecule has 1 aliphatic carbocycles. The predicted molar refractivity (Wildman–Crippen MR) is 95.9 cm³/mol. The molecule has 148 valence electrons. The number of likely N-dealkylation sites (tertiary alicyclic amines) is 2. The third kappa shape index (κ3) is 6.57. The Morgan fingerprint density at radius 1 is 0.885 bits per heavy atom. The van der Waals surface area contributed by atoms with Gasteiger partial charge >= 0.3 is 11.9 Å². The largest absolute Gasteiger partial charge is 0.473 e. The number of hydrogen-bond acceptors (Lipinski definition) is 5. The van der Waals surface area contributed by atoms with Crippen molar-refractivity contribution >= 4 is 17.8 Å². The summed E-state index contributed by atoms with van der Waals surface area (Å²) in [4.78, 5) is 35.4. The monoisotopic (exact) mass is 369 g/mol. The molecule has 0 radical (unpaired) electrons. The molecule has 3 fully saturated rings. The van der Waals surface area contributed by atoms with E-state index in [2.05, 4.69) is 22.0 Å². The number of hydrogen-bond donors (Lipinski definition) is 3. The molecule has 2 heterocycles. The van der Waals surface area contributed by atoms with Gasteiger partial charge in [-0.2, -0.15) is 0 Å². The average molecular weight is 369 g/mol. The molecule has 3 N–H and O–H groups in total. The number of carbonyl (C=O) groups is 3. The van der Waals surface area contributed by atoms with Gasteiger partial charge in [0.25, 0.3) is 0 Å². The zero-order valence-electron chi connectivity index (χ0n) is 15.5. The molecule has 1 atom stereocenters. The molecular formula is C18H31N3O5. The zero-order chi connectivity index (χ0) is 19.1. The van der Waals surface area contributed by atoms with Crippen LogP contribution in [0.25, 0.3) is 0 Å². The van der Waals surface area contributed by atoms with Gasteiger partial charge in [0.1, 0.15) is 0 Å². The van der Waals surface area contributed by atoms with Crippen molar-refractivity contribution in [3.63, 3.8) is 0 Å². The number of piperidine rings is 2. The number of carboxylic acids is 2. The summed E-state index contributed by atoms with van der Waals surface area (Å²) >= 11 is 0. The van der Waals surface area contributed by atoms with E-state index in [-0.39, 0.29) is 11.9 Å². The first-order valence-corrected chi connectivity index (χ1v) is 9.63. The molecule has 0 bridgehead atoms. The standard InChI is InChI=1S/C16H29N3O.C2H2O4/c1-13(16(20)17-14-5-6-14)18-11-7-15(8-12-18)19-9-3-2-4-10-19;3-1(4)2(5)6/h13-15H,2-12H2,1H3,(H,17,20);(H,3,4)(H,5,6). The van der Waals surface area contributed by atoms with Crippen molar-refractivity contribution in [3.05, 3.63) is 0 Å². The minimum atomic E-state index is -1.82. The van der Waals surface area contributed by atoms with Crippen molar-refractivity contribution in [1.82, 2.24) is 15.1 Å². The van der Waals surface area contributed by atoms with E-state index in [4.69, 9.17) is 19.8 Å². The zero-order valence-corrected chi connectivity index (χ0v) is 15.5. The van der Waals surface area contributed by atoms with Gasteiger partial charge < -0.3 is 20.4 Å². The Labute approximate surface area is 154 Å². The lowest BCUT2D eigenvalue weighted by atomic mass is 9.99. The molecule has 0 spiro atoms. The first-order valence-electron chi connectivity index (χ1n) is 9.63. The van der Waals surface area contributed by atoms with E-state index in [1.807, 2.05) is 0 Å². The highest BCUT2D eigenvalue weighted by Gasteiger charge is 2.32. The van der Waals surface area contributed by atoms with Crippen LogP contribution in [0.2, 0.25) is 0 Å². The van der Waals surface area contributed by atoms with Crippen LogP contribution in [-0.2, 0) is 14.4 Å². The number of carbonyl (C=O) groups excluding carboxylic acids is 1. The first-order chi connectivity index (χ1) is 12.4. The summed E-state index contributed by atoms with van der Waals surface area (Å²) in [5, 5.41) is 17.9. The maximum atomic E-state index is 12.1. The molecule has 0 aromatic heterocycles. The Morgan fingerprint density at radius 2 is 1.42 bits per heavy atom. The molecule has 8 nitrogen and oxygen atoms in total. The van der Waals surface area contributed by atoms with Gasteiger partial charge in [-0.05, 0) is 58.5 Å². The number of aliphatic carboxylic acids is 2. The number of carboxylic acid groups (broad SMARTS) is 2. The summed E-state index contributed by atoms with van der Waals surface area (Å²) in [7, 11) is 0. The smallest absolute Gasteiger partial charge is 0.414 e. The van der Waals surface area contributed by atoms with E-state index < -0.39 is 11.9 Å². The topological polar surface area (TPSA) is 110 Å². The lowest BCUT2D eigenvalue weighted by Crippen LogP contribution is -2.52. The van der Waals surface area contributed by atoms with Crippen LogP contribution < -0.4 is 5.32 Å². The SMILES string of the molecule is CC(C(=O)NC1CC1)N1CCC(N2CCCCC2)CC1.O=C(O)C(=O)O. The summed E-state index contributed by atoms with van der Waals surface area (Å²) in [5.41, 5.74) is 0. The number of rotatable bonds is 4. The molecule has 3 aliphatic rings. The third-order valence-electron chi connectivity index (χ3n) is 5.44. The second-order valence-electron chi connectivity index (χ2n) is 7.43. The molecule has 0 aromatic carbocycles. The Balaban J connectivity index is 0.000000352. The van der Waals surface area contributed by atoms with Crippen LogP contribution in [0.3, 0.4) is 0 Å². The minimum Gasteiger partial charge on any atom is -0.473 e. The summed E-state index contributed by atoms with van der Waals surface area (Å²) in [6.07, 6.45) is 8.99. The lowest BCUT2D eigenvalue weighted by Gasteiger charge is -2.41. The molecule has 2 saturated heterocycles. The van der Waals surface area contributed by atoms with Gasteiger partial charge in [-0.25, -0.2) is 9.59 Å². The van der Waals surface area contributed by atoms with Crippen LogP contribution in [0, 0.1) is 0 Å². The molecule has 3 rings (SSSR count). The van der Waals surface area contributed by atoms with Crippen molar-refractivity contribution in [3.8, 4) is 0 Å². The molecule has 1 unspecified atom stereocenters. The maximum Gasteiger partial charge on any atom is 0.414 e. The molecule has 0 aromatic rings. The quantitative estimate of drug-likeness (QED) is 0.628. The van der Waals surface area contributed by atoms with Gasteiger partial charge in [0.2, 0.25) is 5.91 Å². The molecule has 8 heteroatoms. The van der Waals surface area contributed by atoms with E-state index in [1.54, 1.807) is 0 Å². The van der Waals surface area contributed by atoms with Gasteiger partial charge in [0.05, 0.1) is 6.04 Å². The van der Waals surface area contributed by atoms with Gasteiger partial charge in [0, 0.05) is 25.2 Å². The molecule has 1 amide bonds. The van der Waals surface area contributed by atoms with Gasteiger partial charge in [-0.1, -0.05) is 6.42 Å². The van der Waals surface area contributed by atoms with Crippen LogP contribution in [0.15, 0.2) is 0 Å². The van der Waals surface area contributed by atoms with Crippen molar-refractivity contribution in [1.29, 1.82) is 0 Å². The van der Waals surface area contributed by atoms with E-state index in [0.29, 0.717) is 6.04 Å². The van der Waals surface area contributed by atoms with Crippen LogP contribution in [0.4, 0.5) is 0 Å². The van der Waals surface area contributed by atoms with Gasteiger partial charge in [0.15, 0.2) is 0 Å². The van der Waals surface area contributed by atoms with Gasteiger partial charge in [-0.15, -0.1) is 0 Å². The number of nitrogens with zero attached hydrogens (tertiary/aromatic N) is 2. The first kappa shape index (κ1) is 20.6. The molecule has 2 aliphatic heterocycles. The second kappa shape index (κ2) is 9.87. The van der Waals surface area contributed by atoms with E-state index in [0.717, 1.165) is 19.1 Å². The van der Waals surface area contributed by atoms with Crippen molar-refractivity contribution in [2.45, 2.75) is 70.0 Å². The Kier molecular flexibility index (Phi) is 7.84. The molecular weight excluding hydrogens is 338 g/mol. The molecule has 26 heavy (non-hydrogen) atoms. The van der Waals surface area contributed by atoms with Crippen LogP contribution in [0.5, 0.6) is 0 Å². The third-order valence-corrected chi connectivity index (χ3v) is 5.44. The maximum absolute atomic E-state index is 12.1. The second-order valence-corrected chi connectivity index (χ2v) is 7.43. The van der Waals surface area contributed by atoms with Crippen molar-refractivity contribution in [2.75, 3.05) is 26.2 Å². The van der Waals surface area contributed by atoms with E-state index in [1.165, 1.54) is 58.0 Å². The highest BCUT2D eigenvalue weighted by Crippen LogP contribution is 2.23. The van der Waals surface area contributed by atoms with Gasteiger partial charge in [-0.3, -0.25) is 9.69 Å². The summed E-state index contributed by atoms with van der Waals surface area (Å²) < 4.78 is 0. The van der Waals surface area contributed by atoms with Crippen molar-refractivity contribution in [2.24, 2.45) is 0 Å². The summed E-state index contributed by atoms with van der Waals surface area (Å²) in [6, 6.07) is 1.30. The Morgan fingerprint density at radius 3 is 1.88 bits per heavy atom. The fourth-order valence-corrected chi connectivity index (χ4v) is 3.64. The summed E-state index contributed by atoms with van der Waals surface area (Å²) in [5.74, 6) is -3.41. The van der Waals surface area contributed by atoms with Crippen molar-refractivity contribution < 1.29 is 24.6 Å².